The second kappa shape index (κ2) is 9.31. The summed E-state index contributed by atoms with van der Waals surface area (Å²) in [6.45, 7) is 4.08. The summed E-state index contributed by atoms with van der Waals surface area (Å²) in [5.41, 5.74) is 0.670. The smallest absolute Gasteiger partial charge is 0.277 e. The van der Waals surface area contributed by atoms with Crippen LogP contribution in [0.25, 0.3) is 11.5 Å². The summed E-state index contributed by atoms with van der Waals surface area (Å²) in [6.07, 6.45) is 1.99. The average Bonchev–Trinajstić information content (AvgIpc) is 3.08. The van der Waals surface area contributed by atoms with Crippen LogP contribution >= 0.6 is 11.8 Å². The lowest BCUT2D eigenvalue weighted by Crippen LogP contribution is -2.33. The first-order valence-electron chi connectivity index (χ1n) is 8.05. The van der Waals surface area contributed by atoms with E-state index in [0.717, 1.165) is 12.8 Å². The van der Waals surface area contributed by atoms with Gasteiger partial charge in [-0.1, -0.05) is 25.1 Å². The fraction of sp³-hybridized carbons (Fsp3) is 0.471. The summed E-state index contributed by atoms with van der Waals surface area (Å²) < 4.78 is 16.1. The molecule has 1 atom stereocenters. The van der Waals surface area contributed by atoms with Crippen molar-refractivity contribution in [3.8, 4) is 23.0 Å². The monoisotopic (exact) mass is 365 g/mol. The molecule has 0 aliphatic rings. The van der Waals surface area contributed by atoms with Crippen LogP contribution in [0.1, 0.15) is 26.7 Å². The first-order chi connectivity index (χ1) is 12.1. The van der Waals surface area contributed by atoms with Crippen LogP contribution in [0.2, 0.25) is 0 Å². The van der Waals surface area contributed by atoms with E-state index in [1.807, 2.05) is 6.92 Å². The van der Waals surface area contributed by atoms with Gasteiger partial charge in [0.1, 0.15) is 11.5 Å². The van der Waals surface area contributed by atoms with E-state index in [-0.39, 0.29) is 17.7 Å². The van der Waals surface area contributed by atoms with Crippen LogP contribution < -0.4 is 14.8 Å². The first-order valence-corrected chi connectivity index (χ1v) is 9.04. The predicted molar refractivity (Wildman–Crippen MR) is 96.1 cm³/mol. The Morgan fingerprint density at radius 3 is 2.80 bits per heavy atom. The molecule has 1 heterocycles. The van der Waals surface area contributed by atoms with Gasteiger partial charge in [-0.2, -0.15) is 0 Å². The molecule has 0 aliphatic carbocycles. The van der Waals surface area contributed by atoms with Crippen LogP contribution in [0.3, 0.4) is 0 Å². The van der Waals surface area contributed by atoms with Gasteiger partial charge < -0.3 is 19.2 Å². The lowest BCUT2D eigenvalue weighted by Gasteiger charge is -2.11. The molecule has 1 aromatic heterocycles. The Kier molecular flexibility index (Phi) is 7.12. The number of carbonyl (C=O) groups excluding carboxylic acids is 1. The highest BCUT2D eigenvalue weighted by molar-refractivity contribution is 7.99. The summed E-state index contributed by atoms with van der Waals surface area (Å²) in [7, 11) is 3.15. The summed E-state index contributed by atoms with van der Waals surface area (Å²) in [5.74, 6) is 1.77. The maximum atomic E-state index is 11.9. The number of nitrogens with zero attached hydrogens (tertiary/aromatic N) is 2. The fourth-order valence-corrected chi connectivity index (χ4v) is 2.88. The SMILES string of the molecule is CCC[C@@H](C)NC(=O)CSc1nnc(-c2ccc(OC)cc2OC)o1. The van der Waals surface area contributed by atoms with Crippen molar-refractivity contribution in [1.82, 2.24) is 15.5 Å². The lowest BCUT2D eigenvalue weighted by atomic mass is 10.2. The van der Waals surface area contributed by atoms with Crippen molar-refractivity contribution in [2.45, 2.75) is 38.0 Å². The van der Waals surface area contributed by atoms with E-state index in [2.05, 4.69) is 22.4 Å². The molecule has 0 spiro atoms. The number of thioether (sulfide) groups is 1. The lowest BCUT2D eigenvalue weighted by molar-refractivity contribution is -0.119. The Balaban J connectivity index is 1.99. The topological polar surface area (TPSA) is 86.5 Å². The molecule has 0 radical (unpaired) electrons. The van der Waals surface area contributed by atoms with Crippen molar-refractivity contribution in [1.29, 1.82) is 0 Å². The number of carbonyl (C=O) groups is 1. The highest BCUT2D eigenvalue weighted by Gasteiger charge is 2.16. The maximum absolute atomic E-state index is 11.9. The van der Waals surface area contributed by atoms with Crippen molar-refractivity contribution in [3.05, 3.63) is 18.2 Å². The van der Waals surface area contributed by atoms with E-state index >= 15 is 0 Å². The molecule has 136 valence electrons. The van der Waals surface area contributed by atoms with Gasteiger partial charge in [-0.05, 0) is 25.5 Å². The Bertz CT molecular complexity index is 705. The number of aromatic nitrogens is 2. The highest BCUT2D eigenvalue weighted by Crippen LogP contribution is 2.33. The molecule has 1 aromatic carbocycles. The third-order valence-electron chi connectivity index (χ3n) is 3.50. The van der Waals surface area contributed by atoms with E-state index < -0.39 is 0 Å². The molecule has 1 N–H and O–H groups in total. The molecule has 2 aromatic rings. The maximum Gasteiger partial charge on any atom is 0.277 e. The third kappa shape index (κ3) is 5.38. The second-order valence-electron chi connectivity index (χ2n) is 5.49. The number of benzene rings is 1. The molecule has 0 bridgehead atoms. The number of hydrogen-bond donors (Lipinski definition) is 1. The van der Waals surface area contributed by atoms with Crippen molar-refractivity contribution >= 4 is 17.7 Å². The largest absolute Gasteiger partial charge is 0.497 e. The average molecular weight is 365 g/mol. The van der Waals surface area contributed by atoms with Crippen LogP contribution in [0.5, 0.6) is 11.5 Å². The Morgan fingerprint density at radius 2 is 2.12 bits per heavy atom. The molecule has 0 saturated heterocycles. The van der Waals surface area contributed by atoms with Crippen molar-refractivity contribution in [3.63, 3.8) is 0 Å². The normalized spacial score (nSPS) is 11.8. The fourth-order valence-electron chi connectivity index (χ4n) is 2.30. The Morgan fingerprint density at radius 1 is 1.32 bits per heavy atom. The molecule has 1 amide bonds. The van der Waals surface area contributed by atoms with Gasteiger partial charge in [-0.15, -0.1) is 10.2 Å². The Hall–Kier alpha value is -2.22. The Labute approximate surface area is 151 Å². The van der Waals surface area contributed by atoms with Gasteiger partial charge in [-0.25, -0.2) is 0 Å². The zero-order valence-corrected chi connectivity index (χ0v) is 15.7. The standard InChI is InChI=1S/C17H23N3O4S/c1-5-6-11(2)18-15(21)10-25-17-20-19-16(24-17)13-8-7-12(22-3)9-14(13)23-4/h7-9,11H,5-6,10H2,1-4H3,(H,18,21)/t11-/m1/s1. The zero-order valence-electron chi connectivity index (χ0n) is 14.9. The summed E-state index contributed by atoms with van der Waals surface area (Å²) in [6, 6.07) is 5.49. The van der Waals surface area contributed by atoms with E-state index in [0.29, 0.717) is 28.2 Å². The summed E-state index contributed by atoms with van der Waals surface area (Å²) >= 11 is 1.21. The van der Waals surface area contributed by atoms with E-state index in [9.17, 15) is 4.79 Å². The van der Waals surface area contributed by atoms with Gasteiger partial charge >= 0.3 is 0 Å². The quantitative estimate of drug-likeness (QED) is 0.683. The minimum Gasteiger partial charge on any atom is -0.497 e. The molecule has 2 rings (SSSR count). The van der Waals surface area contributed by atoms with Crippen LogP contribution in [0.4, 0.5) is 0 Å². The van der Waals surface area contributed by atoms with Gasteiger partial charge in [0.2, 0.25) is 5.91 Å². The predicted octanol–water partition coefficient (Wildman–Crippen LogP) is 3.15. The van der Waals surface area contributed by atoms with Gasteiger partial charge in [0, 0.05) is 12.1 Å². The molecule has 7 nitrogen and oxygen atoms in total. The van der Waals surface area contributed by atoms with E-state index in [1.165, 1.54) is 11.8 Å². The molecule has 0 aliphatic heterocycles. The number of nitrogens with one attached hydrogen (secondary N) is 1. The minimum atomic E-state index is -0.0484. The van der Waals surface area contributed by atoms with Gasteiger partial charge in [0.15, 0.2) is 0 Å². The summed E-state index contributed by atoms with van der Waals surface area (Å²) in [5, 5.41) is 11.3. The molecule has 0 saturated carbocycles. The molecule has 0 fully saturated rings. The molecule has 0 unspecified atom stereocenters. The minimum absolute atomic E-state index is 0.0484. The number of amides is 1. The third-order valence-corrected chi connectivity index (χ3v) is 4.32. The van der Waals surface area contributed by atoms with Crippen LogP contribution in [-0.4, -0.2) is 42.1 Å². The molecule has 8 heteroatoms. The number of ether oxygens (including phenoxy) is 2. The number of hydrogen-bond acceptors (Lipinski definition) is 7. The van der Waals surface area contributed by atoms with E-state index in [4.69, 9.17) is 13.9 Å². The van der Waals surface area contributed by atoms with Gasteiger partial charge in [0.25, 0.3) is 11.1 Å². The number of methoxy groups -OCH3 is 2. The zero-order chi connectivity index (χ0) is 18.2. The van der Waals surface area contributed by atoms with Crippen molar-refractivity contribution in [2.24, 2.45) is 0 Å². The van der Waals surface area contributed by atoms with Crippen LogP contribution in [0, 0.1) is 0 Å². The summed E-state index contributed by atoms with van der Waals surface area (Å²) in [4.78, 5) is 11.9. The number of rotatable bonds is 9. The van der Waals surface area contributed by atoms with Crippen molar-refractivity contribution < 1.29 is 18.7 Å². The molecule has 25 heavy (non-hydrogen) atoms. The van der Waals surface area contributed by atoms with E-state index in [1.54, 1.807) is 32.4 Å². The molecular weight excluding hydrogens is 342 g/mol. The highest BCUT2D eigenvalue weighted by atomic mass is 32.2. The molecular formula is C17H23N3O4S. The van der Waals surface area contributed by atoms with Crippen LogP contribution in [-0.2, 0) is 4.79 Å². The van der Waals surface area contributed by atoms with Gasteiger partial charge in [0.05, 0.1) is 25.5 Å². The first kappa shape index (κ1) is 19.1. The second-order valence-corrected chi connectivity index (χ2v) is 6.41. The van der Waals surface area contributed by atoms with Crippen molar-refractivity contribution in [2.75, 3.05) is 20.0 Å². The van der Waals surface area contributed by atoms with Crippen LogP contribution in [0.15, 0.2) is 27.8 Å². The van der Waals surface area contributed by atoms with Gasteiger partial charge in [-0.3, -0.25) is 4.79 Å².